The minimum absolute atomic E-state index is 0.446. The zero-order valence-corrected chi connectivity index (χ0v) is 10.0. The summed E-state index contributed by atoms with van der Waals surface area (Å²) in [5.74, 6) is 0.885. The number of likely N-dealkylation sites (tertiary alicyclic amines) is 1. The fraction of sp³-hybridized carbons (Fsp3) is 1.00. The van der Waals surface area contributed by atoms with E-state index in [0.717, 1.165) is 11.2 Å². The Bertz CT molecular complexity index is 145. The predicted octanol–water partition coefficient (Wildman–Crippen LogP) is 2.89. The highest BCUT2D eigenvalue weighted by atomic mass is 79.9. The van der Waals surface area contributed by atoms with Crippen LogP contribution in [0.2, 0.25) is 0 Å². The third kappa shape index (κ3) is 2.46. The number of rotatable bonds is 3. The first kappa shape index (κ1) is 10.5. The van der Waals surface area contributed by atoms with Gasteiger partial charge in [0.15, 0.2) is 0 Å². The number of hydrogen-bond acceptors (Lipinski definition) is 1. The van der Waals surface area contributed by atoms with Gasteiger partial charge in [-0.1, -0.05) is 22.9 Å². The summed E-state index contributed by atoms with van der Waals surface area (Å²) in [4.78, 5) is 2.62. The van der Waals surface area contributed by atoms with Crippen LogP contribution in [0, 0.1) is 5.92 Å². The Balaban J connectivity index is 2.42. The largest absolute Gasteiger partial charge is 0.298 e. The Morgan fingerprint density at radius 2 is 2.17 bits per heavy atom. The number of halogens is 1. The molecule has 0 aromatic heterocycles. The molecule has 1 nitrogen and oxygen atoms in total. The van der Waals surface area contributed by atoms with Gasteiger partial charge in [0.2, 0.25) is 0 Å². The summed E-state index contributed by atoms with van der Waals surface area (Å²) in [5, 5.41) is 1.13. The van der Waals surface area contributed by atoms with E-state index in [2.05, 4.69) is 41.6 Å². The topological polar surface area (TPSA) is 3.24 Å². The molecule has 0 N–H and O–H groups in total. The fourth-order valence-electron chi connectivity index (χ4n) is 2.31. The first-order valence-electron chi connectivity index (χ1n) is 4.87. The second kappa shape index (κ2) is 4.10. The molecule has 0 radical (unpaired) electrons. The molecule has 12 heavy (non-hydrogen) atoms. The monoisotopic (exact) mass is 233 g/mol. The van der Waals surface area contributed by atoms with Crippen molar-refractivity contribution in [3.63, 3.8) is 0 Å². The van der Waals surface area contributed by atoms with Crippen LogP contribution in [0.1, 0.15) is 33.6 Å². The predicted molar refractivity (Wildman–Crippen MR) is 57.8 cm³/mol. The molecule has 1 atom stereocenters. The second-order valence-corrected chi connectivity index (χ2v) is 5.40. The molecule has 1 rings (SSSR count). The molecule has 0 bridgehead atoms. The summed E-state index contributed by atoms with van der Waals surface area (Å²) in [6.45, 7) is 9.63. The van der Waals surface area contributed by atoms with E-state index in [1.54, 1.807) is 0 Å². The summed E-state index contributed by atoms with van der Waals surface area (Å²) in [6.07, 6.45) is 2.63. The normalized spacial score (nSPS) is 29.5. The van der Waals surface area contributed by atoms with E-state index in [0.29, 0.717) is 5.54 Å². The van der Waals surface area contributed by atoms with Gasteiger partial charge < -0.3 is 0 Å². The molecule has 0 aromatic rings. The third-order valence-corrected chi connectivity index (χ3v) is 3.36. The Morgan fingerprint density at radius 1 is 1.50 bits per heavy atom. The van der Waals surface area contributed by atoms with Gasteiger partial charge >= 0.3 is 0 Å². The molecule has 0 aromatic carbocycles. The highest BCUT2D eigenvalue weighted by molar-refractivity contribution is 9.09. The minimum atomic E-state index is 0.446. The molecule has 0 saturated carbocycles. The summed E-state index contributed by atoms with van der Waals surface area (Å²) in [7, 11) is 0. The van der Waals surface area contributed by atoms with Gasteiger partial charge in [-0.3, -0.25) is 4.90 Å². The van der Waals surface area contributed by atoms with Gasteiger partial charge in [-0.05, 0) is 39.2 Å². The maximum Gasteiger partial charge on any atom is 0.0156 e. The van der Waals surface area contributed by atoms with Gasteiger partial charge in [-0.25, -0.2) is 0 Å². The first-order valence-corrected chi connectivity index (χ1v) is 5.99. The van der Waals surface area contributed by atoms with Gasteiger partial charge in [0.25, 0.3) is 0 Å². The standard InChI is InChI=1S/C10H20BrN/c1-9-7-10(2,3)12(8-9)6-4-5-11/h9H,4-8H2,1-3H3. The molecule has 0 spiro atoms. The van der Waals surface area contributed by atoms with Crippen molar-refractivity contribution in [3.8, 4) is 0 Å². The maximum absolute atomic E-state index is 3.48. The van der Waals surface area contributed by atoms with Crippen LogP contribution in [-0.4, -0.2) is 28.9 Å². The zero-order valence-electron chi connectivity index (χ0n) is 8.44. The lowest BCUT2D eigenvalue weighted by molar-refractivity contribution is 0.176. The van der Waals surface area contributed by atoms with Gasteiger partial charge in [0.1, 0.15) is 0 Å². The lowest BCUT2D eigenvalue weighted by atomic mass is 9.98. The summed E-state index contributed by atoms with van der Waals surface area (Å²) >= 11 is 3.48. The van der Waals surface area contributed by atoms with Crippen LogP contribution in [0.3, 0.4) is 0 Å². The average Bonchev–Trinajstić information content (AvgIpc) is 2.20. The lowest BCUT2D eigenvalue weighted by Gasteiger charge is -2.31. The Hall–Kier alpha value is 0.440. The molecular weight excluding hydrogens is 214 g/mol. The highest BCUT2D eigenvalue weighted by Gasteiger charge is 2.35. The summed E-state index contributed by atoms with van der Waals surface area (Å²) in [5.41, 5.74) is 0.446. The molecule has 1 saturated heterocycles. The van der Waals surface area contributed by atoms with Crippen molar-refractivity contribution in [3.05, 3.63) is 0 Å². The van der Waals surface area contributed by atoms with Crippen LogP contribution < -0.4 is 0 Å². The third-order valence-electron chi connectivity index (χ3n) is 2.80. The molecule has 2 heteroatoms. The van der Waals surface area contributed by atoms with E-state index in [9.17, 15) is 0 Å². The molecule has 1 heterocycles. The van der Waals surface area contributed by atoms with Crippen LogP contribution in [0.5, 0.6) is 0 Å². The van der Waals surface area contributed by atoms with Gasteiger partial charge in [0, 0.05) is 17.4 Å². The van der Waals surface area contributed by atoms with Crippen LogP contribution >= 0.6 is 15.9 Å². The van der Waals surface area contributed by atoms with Gasteiger partial charge in [0.05, 0.1) is 0 Å². The molecule has 1 unspecified atom stereocenters. The van der Waals surface area contributed by atoms with Crippen molar-refractivity contribution in [2.45, 2.75) is 39.2 Å². The summed E-state index contributed by atoms with van der Waals surface area (Å²) in [6, 6.07) is 0. The van der Waals surface area contributed by atoms with Crippen LogP contribution in [0.4, 0.5) is 0 Å². The van der Waals surface area contributed by atoms with Gasteiger partial charge in [-0.15, -0.1) is 0 Å². The molecule has 72 valence electrons. The van der Waals surface area contributed by atoms with Gasteiger partial charge in [-0.2, -0.15) is 0 Å². The number of nitrogens with zero attached hydrogens (tertiary/aromatic N) is 1. The smallest absolute Gasteiger partial charge is 0.0156 e. The Morgan fingerprint density at radius 3 is 2.58 bits per heavy atom. The molecule has 1 aliphatic rings. The van der Waals surface area contributed by atoms with Crippen LogP contribution in [0.25, 0.3) is 0 Å². The van der Waals surface area contributed by atoms with E-state index < -0.39 is 0 Å². The van der Waals surface area contributed by atoms with E-state index in [1.165, 1.54) is 25.9 Å². The van der Waals surface area contributed by atoms with Crippen molar-refractivity contribution in [1.29, 1.82) is 0 Å². The van der Waals surface area contributed by atoms with E-state index >= 15 is 0 Å². The van der Waals surface area contributed by atoms with Crippen molar-refractivity contribution in [1.82, 2.24) is 4.90 Å². The zero-order chi connectivity index (χ0) is 9.19. The molecular formula is C10H20BrN. The average molecular weight is 234 g/mol. The summed E-state index contributed by atoms with van der Waals surface area (Å²) < 4.78 is 0. The second-order valence-electron chi connectivity index (χ2n) is 4.61. The fourth-order valence-corrected chi connectivity index (χ4v) is 2.57. The van der Waals surface area contributed by atoms with E-state index in [4.69, 9.17) is 0 Å². The van der Waals surface area contributed by atoms with Crippen molar-refractivity contribution < 1.29 is 0 Å². The molecule has 0 aliphatic carbocycles. The maximum atomic E-state index is 3.48. The van der Waals surface area contributed by atoms with Crippen molar-refractivity contribution in [2.75, 3.05) is 18.4 Å². The van der Waals surface area contributed by atoms with Crippen molar-refractivity contribution in [2.24, 2.45) is 5.92 Å². The minimum Gasteiger partial charge on any atom is -0.298 e. The van der Waals surface area contributed by atoms with Crippen LogP contribution in [-0.2, 0) is 0 Å². The SMILES string of the molecule is CC1CN(CCCBr)C(C)(C)C1. The lowest BCUT2D eigenvalue weighted by Crippen LogP contribution is -2.38. The molecule has 0 amide bonds. The molecule has 1 aliphatic heterocycles. The number of alkyl halides is 1. The van der Waals surface area contributed by atoms with E-state index in [-0.39, 0.29) is 0 Å². The Kier molecular flexibility index (Phi) is 3.59. The number of hydrogen-bond donors (Lipinski definition) is 0. The first-order chi connectivity index (χ1) is 5.56. The Labute approximate surface area is 84.6 Å². The highest BCUT2D eigenvalue weighted by Crippen LogP contribution is 2.32. The quantitative estimate of drug-likeness (QED) is 0.679. The van der Waals surface area contributed by atoms with Crippen molar-refractivity contribution >= 4 is 15.9 Å². The van der Waals surface area contributed by atoms with E-state index in [1.807, 2.05) is 0 Å². The molecule has 1 fully saturated rings. The van der Waals surface area contributed by atoms with Crippen LogP contribution in [0.15, 0.2) is 0 Å².